The van der Waals surface area contributed by atoms with E-state index in [1.54, 1.807) is 37.3 Å². The third kappa shape index (κ3) is 4.24. The van der Waals surface area contributed by atoms with Gasteiger partial charge < -0.3 is 21.7 Å². The molecule has 0 aliphatic heterocycles. The van der Waals surface area contributed by atoms with E-state index in [-0.39, 0.29) is 11.1 Å². The van der Waals surface area contributed by atoms with E-state index in [1.165, 1.54) is 12.1 Å². The number of carbonyl (C=O) groups is 2. The molecule has 2 rings (SSSR count). The number of aromatic carboxylic acids is 2. The zero-order chi connectivity index (χ0) is 16.0. The van der Waals surface area contributed by atoms with Crippen LogP contribution >= 0.6 is 0 Å². The van der Waals surface area contributed by atoms with Crippen LogP contribution in [0.3, 0.4) is 0 Å². The van der Waals surface area contributed by atoms with Gasteiger partial charge in [-0.15, -0.1) is 0 Å². The van der Waals surface area contributed by atoms with Gasteiger partial charge in [-0.3, -0.25) is 0 Å². The summed E-state index contributed by atoms with van der Waals surface area (Å²) in [7, 11) is 0. The Morgan fingerprint density at radius 3 is 1.81 bits per heavy atom. The second-order valence-corrected chi connectivity index (χ2v) is 4.23. The van der Waals surface area contributed by atoms with E-state index in [0.29, 0.717) is 11.4 Å². The number of nitrogens with two attached hydrogens (primary N) is 2. The van der Waals surface area contributed by atoms with Gasteiger partial charge in [0.15, 0.2) is 0 Å². The van der Waals surface area contributed by atoms with Crippen LogP contribution in [0.5, 0.6) is 0 Å². The van der Waals surface area contributed by atoms with E-state index in [4.69, 9.17) is 21.7 Å². The first kappa shape index (κ1) is 16.0. The topological polar surface area (TPSA) is 127 Å². The van der Waals surface area contributed by atoms with Gasteiger partial charge >= 0.3 is 11.9 Å². The van der Waals surface area contributed by atoms with Crippen molar-refractivity contribution in [2.45, 2.75) is 6.92 Å². The lowest BCUT2D eigenvalue weighted by atomic mass is 10.1. The number of hydrogen-bond acceptors (Lipinski definition) is 4. The number of anilines is 2. The minimum absolute atomic E-state index is 0.155. The van der Waals surface area contributed by atoms with Crippen LogP contribution in [0, 0.1) is 6.92 Å². The van der Waals surface area contributed by atoms with Crippen LogP contribution in [0.25, 0.3) is 0 Å². The van der Waals surface area contributed by atoms with Crippen molar-refractivity contribution < 1.29 is 19.8 Å². The predicted octanol–water partition coefficient (Wildman–Crippen LogP) is 2.24. The van der Waals surface area contributed by atoms with Gasteiger partial charge in [-0.1, -0.05) is 24.3 Å². The maximum absolute atomic E-state index is 10.5. The monoisotopic (exact) mass is 288 g/mol. The molecule has 0 saturated carbocycles. The highest BCUT2D eigenvalue weighted by Crippen LogP contribution is 2.15. The first-order valence-electron chi connectivity index (χ1n) is 6.00. The largest absolute Gasteiger partial charge is 0.478 e. The van der Waals surface area contributed by atoms with Crippen LogP contribution < -0.4 is 11.5 Å². The third-order valence-corrected chi connectivity index (χ3v) is 2.75. The Bertz CT molecular complexity index is 668. The molecule has 0 amide bonds. The lowest BCUT2D eigenvalue weighted by Crippen LogP contribution is -2.03. The first-order chi connectivity index (χ1) is 9.84. The molecule has 0 radical (unpaired) electrons. The smallest absolute Gasteiger partial charge is 0.337 e. The molecule has 110 valence electrons. The summed E-state index contributed by atoms with van der Waals surface area (Å²) in [6.07, 6.45) is 0. The van der Waals surface area contributed by atoms with Crippen molar-refractivity contribution in [1.29, 1.82) is 0 Å². The molecular formula is C15H16N2O4. The maximum atomic E-state index is 10.5. The number of carboxylic acid groups (broad SMARTS) is 2. The maximum Gasteiger partial charge on any atom is 0.337 e. The van der Waals surface area contributed by atoms with Gasteiger partial charge in [0.2, 0.25) is 0 Å². The Morgan fingerprint density at radius 1 is 0.857 bits per heavy atom. The third-order valence-electron chi connectivity index (χ3n) is 2.75. The van der Waals surface area contributed by atoms with E-state index in [1.807, 2.05) is 0 Å². The summed E-state index contributed by atoms with van der Waals surface area (Å²) < 4.78 is 0. The van der Waals surface area contributed by atoms with Crippen LogP contribution in [-0.2, 0) is 0 Å². The Balaban J connectivity index is 0.000000211. The van der Waals surface area contributed by atoms with Gasteiger partial charge in [0.25, 0.3) is 0 Å². The van der Waals surface area contributed by atoms with E-state index in [9.17, 15) is 9.59 Å². The number of rotatable bonds is 2. The number of para-hydroxylation sites is 2. The molecule has 0 aromatic heterocycles. The minimum atomic E-state index is -0.988. The Labute approximate surface area is 121 Å². The summed E-state index contributed by atoms with van der Waals surface area (Å²) in [5, 5.41) is 17.1. The van der Waals surface area contributed by atoms with Crippen LogP contribution in [0.4, 0.5) is 11.4 Å². The Morgan fingerprint density at radius 2 is 1.38 bits per heavy atom. The molecule has 0 fully saturated rings. The quantitative estimate of drug-likeness (QED) is 0.628. The normalized spacial score (nSPS) is 9.38. The van der Waals surface area contributed by atoms with Gasteiger partial charge in [-0.2, -0.15) is 0 Å². The van der Waals surface area contributed by atoms with Gasteiger partial charge in [-0.05, 0) is 30.7 Å². The standard InChI is InChI=1S/C8H9NO2.C7H7NO2/c1-5-3-2-4-6(7(5)9)8(10)11;8-6-4-2-1-3-5(6)7(9)10/h2-4H,9H2,1H3,(H,10,11);1-4H,8H2,(H,9,10). The Hall–Kier alpha value is -3.02. The van der Waals surface area contributed by atoms with Gasteiger partial charge in [0.1, 0.15) is 0 Å². The fraction of sp³-hybridized carbons (Fsp3) is 0.0667. The van der Waals surface area contributed by atoms with E-state index >= 15 is 0 Å². The first-order valence-corrected chi connectivity index (χ1v) is 6.00. The highest BCUT2D eigenvalue weighted by Gasteiger charge is 2.07. The molecule has 0 unspecified atom stereocenters. The van der Waals surface area contributed by atoms with Crippen molar-refractivity contribution in [1.82, 2.24) is 0 Å². The van der Waals surface area contributed by atoms with Gasteiger partial charge in [-0.25, -0.2) is 9.59 Å². The molecule has 0 heterocycles. The number of hydrogen-bond donors (Lipinski definition) is 4. The summed E-state index contributed by atoms with van der Waals surface area (Å²) in [6, 6.07) is 11.3. The average Bonchev–Trinajstić information content (AvgIpc) is 2.42. The highest BCUT2D eigenvalue weighted by atomic mass is 16.4. The second-order valence-electron chi connectivity index (χ2n) is 4.23. The van der Waals surface area contributed by atoms with Gasteiger partial charge in [0, 0.05) is 11.4 Å². The van der Waals surface area contributed by atoms with E-state index in [2.05, 4.69) is 0 Å². The van der Waals surface area contributed by atoms with Crippen LogP contribution in [0.1, 0.15) is 26.3 Å². The number of carboxylic acids is 2. The number of aryl methyl sites for hydroxylation is 1. The molecule has 0 aliphatic rings. The summed E-state index contributed by atoms with van der Waals surface area (Å²) in [6.45, 7) is 1.78. The summed E-state index contributed by atoms with van der Waals surface area (Å²) in [5.74, 6) is -1.97. The second kappa shape index (κ2) is 6.95. The van der Waals surface area contributed by atoms with E-state index < -0.39 is 11.9 Å². The lowest BCUT2D eigenvalue weighted by molar-refractivity contribution is 0.0687. The highest BCUT2D eigenvalue weighted by molar-refractivity contribution is 5.94. The predicted molar refractivity (Wildman–Crippen MR) is 80.4 cm³/mol. The van der Waals surface area contributed by atoms with Crippen molar-refractivity contribution in [3.05, 3.63) is 59.2 Å². The molecule has 6 nitrogen and oxygen atoms in total. The fourth-order valence-electron chi connectivity index (χ4n) is 1.56. The lowest BCUT2D eigenvalue weighted by Gasteiger charge is -2.02. The minimum Gasteiger partial charge on any atom is -0.478 e. The molecule has 2 aromatic rings. The van der Waals surface area contributed by atoms with Crippen molar-refractivity contribution in [3.63, 3.8) is 0 Å². The van der Waals surface area contributed by atoms with Gasteiger partial charge in [0.05, 0.1) is 11.1 Å². The number of benzene rings is 2. The summed E-state index contributed by atoms with van der Waals surface area (Å²) in [5.41, 5.74) is 12.6. The van der Waals surface area contributed by atoms with Crippen LogP contribution in [0.2, 0.25) is 0 Å². The van der Waals surface area contributed by atoms with Crippen molar-refractivity contribution in [2.24, 2.45) is 0 Å². The fourth-order valence-corrected chi connectivity index (χ4v) is 1.56. The zero-order valence-electron chi connectivity index (χ0n) is 11.4. The molecule has 21 heavy (non-hydrogen) atoms. The molecule has 6 heteroatoms. The number of nitrogen functional groups attached to an aromatic ring is 2. The van der Waals surface area contributed by atoms with Crippen molar-refractivity contribution in [2.75, 3.05) is 11.5 Å². The average molecular weight is 288 g/mol. The van der Waals surface area contributed by atoms with Crippen molar-refractivity contribution in [3.8, 4) is 0 Å². The summed E-state index contributed by atoms with van der Waals surface area (Å²) >= 11 is 0. The molecule has 0 saturated heterocycles. The molecule has 0 spiro atoms. The van der Waals surface area contributed by atoms with Crippen molar-refractivity contribution >= 4 is 23.3 Å². The van der Waals surface area contributed by atoms with Crippen LogP contribution in [0.15, 0.2) is 42.5 Å². The zero-order valence-corrected chi connectivity index (χ0v) is 11.4. The summed E-state index contributed by atoms with van der Waals surface area (Å²) in [4.78, 5) is 20.8. The molecule has 0 atom stereocenters. The Kier molecular flexibility index (Phi) is 5.31. The molecule has 2 aromatic carbocycles. The SMILES string of the molecule is Cc1cccc(C(=O)O)c1N.Nc1ccccc1C(=O)O. The molecule has 0 bridgehead atoms. The molecule has 0 aliphatic carbocycles. The van der Waals surface area contributed by atoms with E-state index in [0.717, 1.165) is 5.56 Å². The van der Waals surface area contributed by atoms with Crippen LogP contribution in [-0.4, -0.2) is 22.2 Å². The molecular weight excluding hydrogens is 272 g/mol. The molecule has 6 N–H and O–H groups in total.